The molecule has 0 aliphatic heterocycles. The van der Waals surface area contributed by atoms with Crippen molar-refractivity contribution >= 4 is 17.1 Å². The van der Waals surface area contributed by atoms with Crippen LogP contribution in [0.4, 0.5) is 0 Å². The maximum Gasteiger partial charge on any atom is 0.303 e. The van der Waals surface area contributed by atoms with Crippen LogP contribution in [0.1, 0.15) is 18.9 Å². The third-order valence-electron chi connectivity index (χ3n) is 5.47. The van der Waals surface area contributed by atoms with Crippen molar-refractivity contribution in [1.82, 2.24) is 30.3 Å². The molecule has 0 spiro atoms. The van der Waals surface area contributed by atoms with Crippen LogP contribution in [0.25, 0.3) is 33.7 Å². The Balaban J connectivity index is 1.73. The lowest BCUT2D eigenvalue weighted by Crippen LogP contribution is -2.19. The van der Waals surface area contributed by atoms with Gasteiger partial charge < -0.3 is 24.5 Å². The molecule has 0 fully saturated rings. The molecule has 3 N–H and O–H groups in total. The number of hydrogen-bond donors (Lipinski definition) is 3. The minimum atomic E-state index is -0.857. The summed E-state index contributed by atoms with van der Waals surface area (Å²) in [6.45, 7) is 3.53. The van der Waals surface area contributed by atoms with Gasteiger partial charge in [0, 0.05) is 13.0 Å². The highest BCUT2D eigenvalue weighted by Crippen LogP contribution is 2.34. The van der Waals surface area contributed by atoms with Crippen LogP contribution in [-0.4, -0.2) is 75.2 Å². The Morgan fingerprint density at radius 1 is 1.08 bits per heavy atom. The number of carboxylic acid groups (broad SMARTS) is 1. The first kappa shape index (κ1) is 24.9. The fourth-order valence-corrected chi connectivity index (χ4v) is 3.71. The second-order valence-electron chi connectivity index (χ2n) is 8.47. The van der Waals surface area contributed by atoms with Crippen LogP contribution >= 0.6 is 0 Å². The topological polar surface area (TPSA) is 146 Å². The Morgan fingerprint density at radius 2 is 1.92 bits per heavy atom. The number of aromatic amines is 2. The number of nitrogens with one attached hydrogen (secondary N) is 2. The quantitative estimate of drug-likeness (QED) is 0.287. The van der Waals surface area contributed by atoms with Gasteiger partial charge in [0.25, 0.3) is 5.56 Å². The van der Waals surface area contributed by atoms with Gasteiger partial charge in [0.15, 0.2) is 5.52 Å². The maximum atomic E-state index is 12.4. The van der Waals surface area contributed by atoms with Gasteiger partial charge in [0.1, 0.15) is 23.9 Å². The van der Waals surface area contributed by atoms with Gasteiger partial charge in [-0.2, -0.15) is 5.21 Å². The Morgan fingerprint density at radius 3 is 2.67 bits per heavy atom. The summed E-state index contributed by atoms with van der Waals surface area (Å²) >= 11 is 0. The summed E-state index contributed by atoms with van der Waals surface area (Å²) in [7, 11) is 3.94. The fourth-order valence-electron chi connectivity index (χ4n) is 3.71. The lowest BCUT2D eigenvalue weighted by Gasteiger charge is -2.15. The summed E-state index contributed by atoms with van der Waals surface area (Å²) in [5, 5.41) is 19.3. The molecule has 11 heteroatoms. The van der Waals surface area contributed by atoms with Crippen LogP contribution in [0.3, 0.4) is 0 Å². The lowest BCUT2D eigenvalue weighted by molar-refractivity contribution is -0.136. The molecule has 0 bridgehead atoms. The number of nitrogens with zero attached hydrogens (tertiary/aromatic N) is 4. The molecule has 2 heterocycles. The SMILES string of the molecule is CCOc1cc(-c2cc(CCC(=O)O)cc(OCCN(C)C)c2)ccc1-c1nc2n[nH]nc2c(=O)[nH]1. The van der Waals surface area contributed by atoms with Gasteiger partial charge in [-0.25, -0.2) is 4.98 Å². The normalized spacial score (nSPS) is 11.2. The molecule has 0 saturated heterocycles. The zero-order valence-electron chi connectivity index (χ0n) is 20.4. The molecule has 0 aliphatic rings. The number of aryl methyl sites for hydroxylation is 1. The van der Waals surface area contributed by atoms with E-state index in [1.807, 2.05) is 62.3 Å². The van der Waals surface area contributed by atoms with Gasteiger partial charge in [-0.05, 0) is 68.4 Å². The summed E-state index contributed by atoms with van der Waals surface area (Å²) in [5.41, 5.74) is 3.12. The zero-order chi connectivity index (χ0) is 25.7. The predicted molar refractivity (Wildman–Crippen MR) is 134 cm³/mol. The third kappa shape index (κ3) is 5.87. The van der Waals surface area contributed by atoms with E-state index in [0.29, 0.717) is 42.5 Å². The van der Waals surface area contributed by atoms with Gasteiger partial charge in [-0.1, -0.05) is 12.1 Å². The highest BCUT2D eigenvalue weighted by Gasteiger charge is 2.15. The number of aromatic nitrogens is 5. The lowest BCUT2D eigenvalue weighted by atomic mass is 9.98. The van der Waals surface area contributed by atoms with Crippen molar-refractivity contribution in [1.29, 1.82) is 0 Å². The smallest absolute Gasteiger partial charge is 0.303 e. The summed E-state index contributed by atoms with van der Waals surface area (Å²) in [6, 6.07) is 11.3. The monoisotopic (exact) mass is 492 g/mol. The fraction of sp³-hybridized carbons (Fsp3) is 0.320. The number of aliphatic carboxylic acids is 1. The van der Waals surface area contributed by atoms with Crippen LogP contribution < -0.4 is 15.0 Å². The number of carboxylic acids is 1. The van der Waals surface area contributed by atoms with Gasteiger partial charge in [-0.3, -0.25) is 9.59 Å². The van der Waals surface area contributed by atoms with Crippen molar-refractivity contribution in [3.05, 3.63) is 52.3 Å². The summed E-state index contributed by atoms with van der Waals surface area (Å²) < 4.78 is 11.9. The van der Waals surface area contributed by atoms with Gasteiger partial charge in [-0.15, -0.1) is 10.2 Å². The molecule has 0 radical (unpaired) electrons. The van der Waals surface area contributed by atoms with Crippen LogP contribution in [0.15, 0.2) is 41.2 Å². The number of hydrogen-bond acceptors (Lipinski definition) is 8. The van der Waals surface area contributed by atoms with Crippen LogP contribution in [-0.2, 0) is 11.2 Å². The largest absolute Gasteiger partial charge is 0.493 e. The van der Waals surface area contributed by atoms with Crippen molar-refractivity contribution < 1.29 is 19.4 Å². The second-order valence-corrected chi connectivity index (χ2v) is 8.47. The van der Waals surface area contributed by atoms with E-state index in [0.717, 1.165) is 23.2 Å². The molecule has 0 atom stereocenters. The Kier molecular flexibility index (Phi) is 7.59. The van der Waals surface area contributed by atoms with Crippen molar-refractivity contribution in [2.75, 3.05) is 33.9 Å². The van der Waals surface area contributed by atoms with Crippen LogP contribution in [0.2, 0.25) is 0 Å². The van der Waals surface area contributed by atoms with E-state index in [9.17, 15) is 9.59 Å². The molecule has 0 unspecified atom stereocenters. The first-order chi connectivity index (χ1) is 17.3. The second kappa shape index (κ2) is 11.0. The molecule has 188 valence electrons. The Labute approximate surface area is 207 Å². The first-order valence-electron chi connectivity index (χ1n) is 11.6. The molecular formula is C25H28N6O5. The number of fused-ring (bicyclic) bond motifs is 1. The van der Waals surface area contributed by atoms with E-state index < -0.39 is 11.5 Å². The number of carbonyl (C=O) groups is 1. The van der Waals surface area contributed by atoms with Crippen molar-refractivity contribution in [3.63, 3.8) is 0 Å². The average molecular weight is 493 g/mol. The van der Waals surface area contributed by atoms with Gasteiger partial charge >= 0.3 is 5.97 Å². The van der Waals surface area contributed by atoms with Crippen molar-refractivity contribution in [3.8, 4) is 34.0 Å². The van der Waals surface area contributed by atoms with Crippen molar-refractivity contribution in [2.45, 2.75) is 19.8 Å². The van der Waals surface area contributed by atoms with Crippen LogP contribution in [0.5, 0.6) is 11.5 Å². The van der Waals surface area contributed by atoms with E-state index in [2.05, 4.69) is 25.4 Å². The Bertz CT molecular complexity index is 1430. The highest BCUT2D eigenvalue weighted by atomic mass is 16.5. The number of likely N-dealkylation sites (N-methyl/N-ethyl adjacent to an activating group) is 1. The predicted octanol–water partition coefficient (Wildman–Crippen LogP) is 2.73. The van der Waals surface area contributed by atoms with E-state index in [4.69, 9.17) is 14.6 Å². The average Bonchev–Trinajstić information content (AvgIpc) is 3.32. The molecule has 2 aromatic carbocycles. The minimum absolute atomic E-state index is 0.0211. The molecule has 11 nitrogen and oxygen atoms in total. The molecular weight excluding hydrogens is 464 g/mol. The number of benzene rings is 2. The third-order valence-corrected chi connectivity index (χ3v) is 5.47. The van der Waals surface area contributed by atoms with E-state index >= 15 is 0 Å². The van der Waals surface area contributed by atoms with Crippen LogP contribution in [0, 0.1) is 0 Å². The maximum absolute atomic E-state index is 12.4. The number of H-pyrrole nitrogens is 2. The van der Waals surface area contributed by atoms with E-state index in [-0.39, 0.29) is 17.6 Å². The van der Waals surface area contributed by atoms with E-state index in [1.54, 1.807) is 0 Å². The molecule has 0 amide bonds. The minimum Gasteiger partial charge on any atom is -0.493 e. The standard InChI is InChI=1S/C25H28N6O5/c1-4-35-20-14-16(6-7-19(20)23-26-24-22(25(34)27-23)28-30-29-24)17-11-15(5-8-21(32)33)12-18(13-17)36-10-9-31(2)3/h6-7,11-14H,4-5,8-10H2,1-3H3,(H,32,33)(H2,26,27,28,29,30,34). The Hall–Kier alpha value is -4.25. The zero-order valence-corrected chi connectivity index (χ0v) is 20.4. The van der Waals surface area contributed by atoms with E-state index in [1.165, 1.54) is 0 Å². The summed E-state index contributed by atoms with van der Waals surface area (Å²) in [4.78, 5) is 32.7. The molecule has 0 saturated carbocycles. The van der Waals surface area contributed by atoms with Gasteiger partial charge in [0.05, 0.1) is 12.2 Å². The molecule has 0 aliphatic carbocycles. The number of rotatable bonds is 11. The van der Waals surface area contributed by atoms with Gasteiger partial charge in [0.2, 0.25) is 5.65 Å². The highest BCUT2D eigenvalue weighted by molar-refractivity contribution is 5.77. The molecule has 4 aromatic rings. The summed E-state index contributed by atoms with van der Waals surface area (Å²) in [5.74, 6) is 0.662. The summed E-state index contributed by atoms with van der Waals surface area (Å²) in [6.07, 6.45) is 0.403. The molecule has 4 rings (SSSR count). The first-order valence-corrected chi connectivity index (χ1v) is 11.6. The molecule has 36 heavy (non-hydrogen) atoms. The molecule has 2 aromatic heterocycles. The van der Waals surface area contributed by atoms with Crippen molar-refractivity contribution in [2.24, 2.45) is 0 Å². The number of ether oxygens (including phenoxy) is 2.